The van der Waals surface area contributed by atoms with E-state index in [0.717, 1.165) is 30.8 Å². The van der Waals surface area contributed by atoms with Crippen LogP contribution < -0.4 is 11.1 Å². The molecule has 1 amide bonds. The van der Waals surface area contributed by atoms with E-state index in [-0.39, 0.29) is 11.9 Å². The summed E-state index contributed by atoms with van der Waals surface area (Å²) in [7, 11) is 0. The van der Waals surface area contributed by atoms with Gasteiger partial charge in [-0.05, 0) is 59.7 Å². The first-order valence-electron chi connectivity index (χ1n) is 6.08. The molecule has 98 valence electrons. The average Bonchev–Trinajstić information content (AvgIpc) is 2.68. The fraction of sp³-hybridized carbons (Fsp3) is 0.462. The van der Waals surface area contributed by atoms with Crippen LogP contribution >= 0.6 is 22.6 Å². The van der Waals surface area contributed by atoms with Gasteiger partial charge in [-0.1, -0.05) is 0 Å². The highest BCUT2D eigenvalue weighted by atomic mass is 127. The molecule has 2 rings (SSSR count). The number of likely N-dealkylation sites (tertiary alicyclic amines) is 1. The highest BCUT2D eigenvalue weighted by molar-refractivity contribution is 14.1. The van der Waals surface area contributed by atoms with E-state index in [4.69, 9.17) is 5.73 Å². The van der Waals surface area contributed by atoms with Gasteiger partial charge in [0.1, 0.15) is 0 Å². The van der Waals surface area contributed by atoms with E-state index in [1.807, 2.05) is 19.1 Å². The number of hydrogen-bond donors (Lipinski definition) is 2. The number of nitrogens with two attached hydrogens (primary N) is 1. The first kappa shape index (κ1) is 13.8. The number of rotatable bonds is 3. The number of nitrogens with one attached hydrogen (secondary N) is 1. The number of carbonyl (C=O) groups is 1. The molecular weight excluding hydrogens is 341 g/mol. The maximum absolute atomic E-state index is 11.9. The predicted octanol–water partition coefficient (Wildman–Crippen LogP) is 1.57. The van der Waals surface area contributed by atoms with Crippen LogP contribution in [0.5, 0.6) is 0 Å². The number of anilines is 1. The summed E-state index contributed by atoms with van der Waals surface area (Å²) in [6.45, 7) is 4.17. The van der Waals surface area contributed by atoms with Gasteiger partial charge in [0, 0.05) is 28.4 Å². The second-order valence-corrected chi connectivity index (χ2v) is 6.04. The summed E-state index contributed by atoms with van der Waals surface area (Å²) < 4.78 is 1.17. The first-order chi connectivity index (χ1) is 8.54. The number of hydrogen-bond acceptors (Lipinski definition) is 3. The molecule has 5 heteroatoms. The van der Waals surface area contributed by atoms with Gasteiger partial charge in [0.05, 0.1) is 6.54 Å². The minimum atomic E-state index is 0.0356. The van der Waals surface area contributed by atoms with Gasteiger partial charge in [-0.2, -0.15) is 0 Å². The summed E-state index contributed by atoms with van der Waals surface area (Å²) in [6.07, 6.45) is 0.982. The first-order valence-corrected chi connectivity index (χ1v) is 7.16. The van der Waals surface area contributed by atoms with Crippen molar-refractivity contribution in [2.24, 2.45) is 5.73 Å². The molecule has 0 bridgehead atoms. The van der Waals surface area contributed by atoms with Gasteiger partial charge in [0.2, 0.25) is 5.91 Å². The average molecular weight is 359 g/mol. The molecule has 4 nitrogen and oxygen atoms in total. The molecule has 1 aromatic carbocycles. The van der Waals surface area contributed by atoms with Crippen molar-refractivity contribution >= 4 is 34.2 Å². The Labute approximate surface area is 121 Å². The highest BCUT2D eigenvalue weighted by Crippen LogP contribution is 2.17. The Morgan fingerprint density at radius 2 is 2.39 bits per heavy atom. The second kappa shape index (κ2) is 5.99. The molecule has 1 saturated heterocycles. The van der Waals surface area contributed by atoms with Crippen molar-refractivity contribution in [3.8, 4) is 0 Å². The molecule has 0 saturated carbocycles. The Morgan fingerprint density at radius 3 is 3.00 bits per heavy atom. The Hall–Kier alpha value is -0.660. The third kappa shape index (κ3) is 3.66. The predicted molar refractivity (Wildman–Crippen MR) is 81.6 cm³/mol. The van der Waals surface area contributed by atoms with Crippen LogP contribution in [-0.2, 0) is 4.79 Å². The number of aryl methyl sites for hydroxylation is 1. The number of halogens is 1. The molecule has 1 fully saturated rings. The lowest BCUT2D eigenvalue weighted by Gasteiger charge is -2.15. The van der Waals surface area contributed by atoms with Crippen molar-refractivity contribution in [3.63, 3.8) is 0 Å². The van der Waals surface area contributed by atoms with Gasteiger partial charge in [-0.15, -0.1) is 0 Å². The Morgan fingerprint density at radius 1 is 1.61 bits per heavy atom. The van der Waals surface area contributed by atoms with Crippen LogP contribution in [0.3, 0.4) is 0 Å². The van der Waals surface area contributed by atoms with Crippen LogP contribution in [0.4, 0.5) is 5.69 Å². The van der Waals surface area contributed by atoms with Crippen molar-refractivity contribution in [2.45, 2.75) is 19.4 Å². The van der Waals surface area contributed by atoms with Gasteiger partial charge in [-0.3, -0.25) is 9.69 Å². The summed E-state index contributed by atoms with van der Waals surface area (Å²) in [5.41, 5.74) is 7.80. The monoisotopic (exact) mass is 359 g/mol. The normalized spacial score (nSPS) is 20.1. The fourth-order valence-electron chi connectivity index (χ4n) is 2.17. The largest absolute Gasteiger partial charge is 0.326 e. The molecule has 3 N–H and O–H groups in total. The Kier molecular flexibility index (Phi) is 4.58. The van der Waals surface area contributed by atoms with Crippen LogP contribution in [0.1, 0.15) is 12.0 Å². The molecule has 1 aliphatic rings. The van der Waals surface area contributed by atoms with Gasteiger partial charge in [-0.25, -0.2) is 0 Å². The van der Waals surface area contributed by atoms with E-state index in [2.05, 4.69) is 38.9 Å². The van der Waals surface area contributed by atoms with E-state index in [9.17, 15) is 4.79 Å². The lowest BCUT2D eigenvalue weighted by molar-refractivity contribution is -0.117. The molecule has 0 spiro atoms. The number of benzene rings is 1. The molecular formula is C13H18IN3O. The Balaban J connectivity index is 1.91. The molecule has 1 heterocycles. The van der Waals surface area contributed by atoms with Crippen LogP contribution in [0, 0.1) is 10.5 Å². The summed E-state index contributed by atoms with van der Waals surface area (Å²) in [4.78, 5) is 14.0. The standard InChI is InChI=1S/C13H18IN3O/c1-9-6-10(14)2-3-12(9)16-13(18)8-17-5-4-11(15)7-17/h2-3,6,11H,4-5,7-8,15H2,1H3,(H,16,18). The summed E-state index contributed by atoms with van der Waals surface area (Å²) in [5.74, 6) is 0.0356. The summed E-state index contributed by atoms with van der Waals surface area (Å²) in [6, 6.07) is 6.22. The lowest BCUT2D eigenvalue weighted by atomic mass is 10.2. The molecule has 1 atom stereocenters. The minimum absolute atomic E-state index is 0.0356. The molecule has 0 aromatic heterocycles. The second-order valence-electron chi connectivity index (χ2n) is 4.79. The quantitative estimate of drug-likeness (QED) is 0.806. The van der Waals surface area contributed by atoms with Gasteiger partial charge >= 0.3 is 0 Å². The van der Waals surface area contributed by atoms with E-state index in [1.165, 1.54) is 3.57 Å². The van der Waals surface area contributed by atoms with Crippen molar-refractivity contribution in [2.75, 3.05) is 25.0 Å². The van der Waals surface area contributed by atoms with Crippen LogP contribution in [-0.4, -0.2) is 36.5 Å². The van der Waals surface area contributed by atoms with E-state index < -0.39 is 0 Å². The summed E-state index contributed by atoms with van der Waals surface area (Å²) in [5, 5.41) is 2.95. The molecule has 0 aliphatic carbocycles. The summed E-state index contributed by atoms with van der Waals surface area (Å²) >= 11 is 2.26. The third-order valence-electron chi connectivity index (χ3n) is 3.14. The van der Waals surface area contributed by atoms with E-state index in [1.54, 1.807) is 0 Å². The molecule has 0 radical (unpaired) electrons. The van der Waals surface area contributed by atoms with Crippen molar-refractivity contribution in [1.82, 2.24) is 4.90 Å². The molecule has 18 heavy (non-hydrogen) atoms. The highest BCUT2D eigenvalue weighted by Gasteiger charge is 2.21. The van der Waals surface area contributed by atoms with Crippen LogP contribution in [0.25, 0.3) is 0 Å². The van der Waals surface area contributed by atoms with Gasteiger partial charge < -0.3 is 11.1 Å². The topological polar surface area (TPSA) is 58.4 Å². The van der Waals surface area contributed by atoms with Crippen molar-refractivity contribution in [3.05, 3.63) is 27.3 Å². The fourth-order valence-corrected chi connectivity index (χ4v) is 2.81. The van der Waals surface area contributed by atoms with Crippen LogP contribution in [0.15, 0.2) is 18.2 Å². The number of nitrogens with zero attached hydrogens (tertiary/aromatic N) is 1. The van der Waals surface area contributed by atoms with E-state index in [0.29, 0.717) is 6.54 Å². The van der Waals surface area contributed by atoms with Gasteiger partial charge in [0.15, 0.2) is 0 Å². The van der Waals surface area contributed by atoms with Crippen LogP contribution in [0.2, 0.25) is 0 Å². The number of amides is 1. The minimum Gasteiger partial charge on any atom is -0.326 e. The number of carbonyl (C=O) groups excluding carboxylic acids is 1. The zero-order valence-corrected chi connectivity index (χ0v) is 12.6. The van der Waals surface area contributed by atoms with Gasteiger partial charge in [0.25, 0.3) is 0 Å². The maximum atomic E-state index is 11.9. The zero-order chi connectivity index (χ0) is 13.1. The molecule has 1 aromatic rings. The smallest absolute Gasteiger partial charge is 0.238 e. The lowest BCUT2D eigenvalue weighted by Crippen LogP contribution is -2.33. The third-order valence-corrected chi connectivity index (χ3v) is 3.81. The Bertz CT molecular complexity index is 450. The maximum Gasteiger partial charge on any atom is 0.238 e. The molecule has 1 aliphatic heterocycles. The van der Waals surface area contributed by atoms with E-state index >= 15 is 0 Å². The van der Waals surface area contributed by atoms with Crippen molar-refractivity contribution in [1.29, 1.82) is 0 Å². The SMILES string of the molecule is Cc1cc(I)ccc1NC(=O)CN1CCC(N)C1. The van der Waals surface area contributed by atoms with Crippen molar-refractivity contribution < 1.29 is 4.79 Å². The zero-order valence-electron chi connectivity index (χ0n) is 10.4. The molecule has 1 unspecified atom stereocenters.